The number of nitrogens with one attached hydrogen (secondary N) is 1. The summed E-state index contributed by atoms with van der Waals surface area (Å²) in [7, 11) is 0. The fourth-order valence-electron chi connectivity index (χ4n) is 2.10. The molecular formula is C11H16N6O3. The molecule has 0 spiro atoms. The van der Waals surface area contributed by atoms with E-state index in [4.69, 9.17) is 0 Å². The van der Waals surface area contributed by atoms with Crippen molar-refractivity contribution in [3.05, 3.63) is 16.4 Å². The number of nitrogens with zero attached hydrogens (tertiary/aromatic N) is 5. The van der Waals surface area contributed by atoms with Crippen molar-refractivity contribution in [3.8, 4) is 0 Å². The van der Waals surface area contributed by atoms with Gasteiger partial charge in [0.25, 0.3) is 5.91 Å². The van der Waals surface area contributed by atoms with Crippen molar-refractivity contribution >= 4 is 17.6 Å². The van der Waals surface area contributed by atoms with Gasteiger partial charge in [-0.1, -0.05) is 18.3 Å². The third-order valence-electron chi connectivity index (χ3n) is 3.21. The Morgan fingerprint density at radius 1 is 1.65 bits per heavy atom. The predicted octanol–water partition coefficient (Wildman–Crippen LogP) is 0.869. The number of hydrogen-bond acceptors (Lipinski definition) is 6. The van der Waals surface area contributed by atoms with Crippen LogP contribution < -0.4 is 5.43 Å². The molecule has 1 aromatic heterocycles. The van der Waals surface area contributed by atoms with Gasteiger partial charge >= 0.3 is 5.95 Å². The molecule has 1 aliphatic carbocycles. The number of carbonyl (C=O) groups is 1. The van der Waals surface area contributed by atoms with Crippen molar-refractivity contribution in [2.24, 2.45) is 11.0 Å². The van der Waals surface area contributed by atoms with Crippen molar-refractivity contribution in [1.29, 1.82) is 0 Å². The molecule has 1 atom stereocenters. The minimum absolute atomic E-state index is 0.147. The summed E-state index contributed by atoms with van der Waals surface area (Å²) in [4.78, 5) is 24.8. The van der Waals surface area contributed by atoms with Crippen molar-refractivity contribution in [2.75, 3.05) is 0 Å². The highest BCUT2D eigenvalue weighted by Crippen LogP contribution is 2.20. The largest absolute Gasteiger partial charge is 0.490 e. The van der Waals surface area contributed by atoms with Crippen LogP contribution in [0.25, 0.3) is 0 Å². The van der Waals surface area contributed by atoms with Crippen LogP contribution in [0.1, 0.15) is 32.6 Å². The average molecular weight is 280 g/mol. The first-order valence-electron chi connectivity index (χ1n) is 6.45. The van der Waals surface area contributed by atoms with Gasteiger partial charge in [-0.25, -0.2) is 5.43 Å². The van der Waals surface area contributed by atoms with Crippen LogP contribution in [0.2, 0.25) is 0 Å². The van der Waals surface area contributed by atoms with Crippen LogP contribution >= 0.6 is 0 Å². The fraction of sp³-hybridized carbons (Fsp3) is 0.636. The maximum Gasteiger partial charge on any atom is 0.490 e. The van der Waals surface area contributed by atoms with E-state index in [-0.39, 0.29) is 12.5 Å². The van der Waals surface area contributed by atoms with Gasteiger partial charge in [0.05, 0.1) is 0 Å². The van der Waals surface area contributed by atoms with Crippen molar-refractivity contribution in [3.63, 3.8) is 0 Å². The number of rotatable bonds is 4. The number of hydrazone groups is 1. The van der Waals surface area contributed by atoms with Crippen molar-refractivity contribution in [1.82, 2.24) is 20.2 Å². The SMILES string of the molecule is C[C@@H]1CCCC/C1=N/NC(=O)Cn1cnc([N+](=O)[O-])n1. The number of carbonyl (C=O) groups excluding carboxylic acids is 1. The standard InChI is InChI=1S/C11H16N6O3/c1-8-4-2-3-5-9(8)13-14-10(18)6-16-7-12-11(15-16)17(19)20/h7-8H,2-6H2,1H3,(H,14,18)/b13-9-/t8-/m1/s1. The first-order chi connectivity index (χ1) is 9.56. The van der Waals surface area contributed by atoms with E-state index in [9.17, 15) is 14.9 Å². The van der Waals surface area contributed by atoms with E-state index >= 15 is 0 Å². The van der Waals surface area contributed by atoms with Gasteiger partial charge in [-0.3, -0.25) is 4.79 Å². The third-order valence-corrected chi connectivity index (χ3v) is 3.21. The van der Waals surface area contributed by atoms with E-state index < -0.39 is 10.9 Å². The van der Waals surface area contributed by atoms with Gasteiger partial charge in [0, 0.05) is 10.8 Å². The summed E-state index contributed by atoms with van der Waals surface area (Å²) >= 11 is 0. The third kappa shape index (κ3) is 3.59. The lowest BCUT2D eigenvalue weighted by Crippen LogP contribution is -2.27. The van der Waals surface area contributed by atoms with Gasteiger partial charge in [-0.2, -0.15) is 9.78 Å². The molecule has 1 amide bonds. The second-order valence-corrected chi connectivity index (χ2v) is 4.78. The monoisotopic (exact) mass is 280 g/mol. The van der Waals surface area contributed by atoms with Crippen LogP contribution in [-0.4, -0.2) is 31.3 Å². The quantitative estimate of drug-likeness (QED) is 0.649. The van der Waals surface area contributed by atoms with Gasteiger partial charge in [0.15, 0.2) is 0 Å². The second-order valence-electron chi connectivity index (χ2n) is 4.78. The van der Waals surface area contributed by atoms with Crippen LogP contribution in [-0.2, 0) is 11.3 Å². The zero-order valence-corrected chi connectivity index (χ0v) is 11.2. The second kappa shape index (κ2) is 6.22. The minimum atomic E-state index is -0.710. The van der Waals surface area contributed by atoms with Gasteiger partial charge in [-0.05, 0) is 30.1 Å². The normalized spacial score (nSPS) is 20.9. The molecule has 20 heavy (non-hydrogen) atoms. The number of amides is 1. The Labute approximate surface area is 115 Å². The number of hydrogen-bond donors (Lipinski definition) is 1. The van der Waals surface area contributed by atoms with E-state index in [1.165, 1.54) is 6.42 Å². The fourth-order valence-corrected chi connectivity index (χ4v) is 2.10. The van der Waals surface area contributed by atoms with Gasteiger partial charge < -0.3 is 10.1 Å². The molecule has 0 unspecified atom stereocenters. The average Bonchev–Trinajstić information content (AvgIpc) is 2.86. The predicted molar refractivity (Wildman–Crippen MR) is 69.9 cm³/mol. The summed E-state index contributed by atoms with van der Waals surface area (Å²) in [6.07, 6.45) is 5.42. The molecule has 0 bridgehead atoms. The Hall–Kier alpha value is -2.32. The molecule has 1 N–H and O–H groups in total. The molecule has 9 heteroatoms. The van der Waals surface area contributed by atoms with Gasteiger partial charge in [-0.15, -0.1) is 0 Å². The molecule has 1 aromatic rings. The van der Waals surface area contributed by atoms with Gasteiger partial charge in [0.1, 0.15) is 6.54 Å². The molecule has 1 fully saturated rings. The Morgan fingerprint density at radius 3 is 3.10 bits per heavy atom. The van der Waals surface area contributed by atoms with Crippen molar-refractivity contribution in [2.45, 2.75) is 39.2 Å². The maximum atomic E-state index is 11.7. The summed E-state index contributed by atoms with van der Waals surface area (Å²) in [5.41, 5.74) is 3.45. The highest BCUT2D eigenvalue weighted by molar-refractivity contribution is 5.88. The molecule has 0 radical (unpaired) electrons. The molecule has 1 heterocycles. The highest BCUT2D eigenvalue weighted by Gasteiger charge is 2.17. The van der Waals surface area contributed by atoms with E-state index in [0.717, 1.165) is 36.0 Å². The minimum Gasteiger partial charge on any atom is -0.390 e. The Kier molecular flexibility index (Phi) is 4.38. The molecule has 0 aliphatic heterocycles. The van der Waals surface area contributed by atoms with Crippen LogP contribution in [0.15, 0.2) is 11.4 Å². The Morgan fingerprint density at radius 2 is 2.45 bits per heavy atom. The molecular weight excluding hydrogens is 264 g/mol. The van der Waals surface area contributed by atoms with Crippen LogP contribution in [0.5, 0.6) is 0 Å². The first kappa shape index (κ1) is 14.1. The highest BCUT2D eigenvalue weighted by atomic mass is 16.6. The molecule has 2 rings (SSSR count). The van der Waals surface area contributed by atoms with Gasteiger partial charge in [0.2, 0.25) is 6.33 Å². The Bertz CT molecular complexity index is 538. The Balaban J connectivity index is 1.88. The lowest BCUT2D eigenvalue weighted by Gasteiger charge is -2.19. The smallest absolute Gasteiger partial charge is 0.390 e. The number of nitro groups is 1. The zero-order chi connectivity index (χ0) is 14.5. The summed E-state index contributed by atoms with van der Waals surface area (Å²) in [5.74, 6) is -0.517. The van der Waals surface area contributed by atoms with E-state index in [2.05, 4.69) is 27.5 Å². The molecule has 0 saturated heterocycles. The van der Waals surface area contributed by atoms with Crippen molar-refractivity contribution < 1.29 is 9.72 Å². The molecule has 1 saturated carbocycles. The van der Waals surface area contributed by atoms with E-state index in [1.54, 1.807) is 0 Å². The summed E-state index contributed by atoms with van der Waals surface area (Å²) < 4.78 is 1.11. The molecule has 1 aliphatic rings. The zero-order valence-electron chi connectivity index (χ0n) is 11.2. The van der Waals surface area contributed by atoms with Crippen LogP contribution in [0, 0.1) is 16.0 Å². The maximum absolute atomic E-state index is 11.7. The van der Waals surface area contributed by atoms with Crippen LogP contribution in [0.3, 0.4) is 0 Å². The van der Waals surface area contributed by atoms with E-state index in [1.807, 2.05) is 0 Å². The van der Waals surface area contributed by atoms with Crippen LogP contribution in [0.4, 0.5) is 5.95 Å². The summed E-state index contributed by atoms with van der Waals surface area (Å²) in [5, 5.41) is 18.1. The molecule has 108 valence electrons. The molecule has 9 nitrogen and oxygen atoms in total. The number of aromatic nitrogens is 3. The molecule has 0 aromatic carbocycles. The lowest BCUT2D eigenvalue weighted by molar-refractivity contribution is -0.394. The summed E-state index contributed by atoms with van der Waals surface area (Å²) in [6.45, 7) is 1.94. The topological polar surface area (TPSA) is 115 Å². The lowest BCUT2D eigenvalue weighted by atomic mass is 9.89. The van der Waals surface area contributed by atoms with E-state index in [0.29, 0.717) is 5.92 Å². The summed E-state index contributed by atoms with van der Waals surface area (Å²) in [6, 6.07) is 0. The first-order valence-corrected chi connectivity index (χ1v) is 6.45.